The average Bonchev–Trinajstić information content (AvgIpc) is 3.54. The fourth-order valence-corrected chi connectivity index (χ4v) is 5.91. The number of fused-ring (bicyclic) bond motifs is 1. The minimum Gasteiger partial charge on any atom is -0.491 e. The van der Waals surface area contributed by atoms with Crippen LogP contribution in [0, 0.1) is 0 Å². The van der Waals surface area contributed by atoms with E-state index in [1.807, 2.05) is 48.3 Å². The van der Waals surface area contributed by atoms with Crippen LogP contribution < -0.4 is 10.1 Å². The summed E-state index contributed by atoms with van der Waals surface area (Å²) in [5, 5.41) is 6.56. The van der Waals surface area contributed by atoms with Crippen LogP contribution in [0.2, 0.25) is 0 Å². The maximum absolute atomic E-state index is 13.6. The molecular formula is C30H31N5O5. The van der Waals surface area contributed by atoms with Gasteiger partial charge < -0.3 is 14.5 Å². The predicted molar refractivity (Wildman–Crippen MR) is 145 cm³/mol. The zero-order chi connectivity index (χ0) is 27.8. The van der Waals surface area contributed by atoms with Crippen LogP contribution in [0.4, 0.5) is 0 Å². The highest BCUT2D eigenvalue weighted by atomic mass is 16.5. The molecule has 2 fully saturated rings. The monoisotopic (exact) mass is 541 g/mol. The van der Waals surface area contributed by atoms with Gasteiger partial charge in [0.25, 0.3) is 11.8 Å². The molecule has 40 heavy (non-hydrogen) atoms. The summed E-state index contributed by atoms with van der Waals surface area (Å²) in [4.78, 5) is 53.9. The molecule has 2 aromatic carbocycles. The number of likely N-dealkylation sites (tertiary alicyclic amines) is 1. The van der Waals surface area contributed by atoms with Crippen LogP contribution >= 0.6 is 0 Å². The van der Waals surface area contributed by atoms with Crippen molar-refractivity contribution < 1.29 is 23.9 Å². The second-order valence-electron chi connectivity index (χ2n) is 10.6. The number of ether oxygens (including phenoxy) is 1. The third-order valence-electron chi connectivity index (χ3n) is 8.05. The number of amides is 4. The molecule has 6 rings (SSSR count). The Labute approximate surface area is 231 Å². The Morgan fingerprint density at radius 3 is 2.75 bits per heavy atom. The first-order valence-electron chi connectivity index (χ1n) is 13.7. The molecule has 4 heterocycles. The Bertz CT molecular complexity index is 1500. The molecule has 0 aliphatic carbocycles. The van der Waals surface area contributed by atoms with Crippen molar-refractivity contribution in [3.8, 4) is 17.0 Å². The molecule has 3 aliphatic heterocycles. The van der Waals surface area contributed by atoms with E-state index in [9.17, 15) is 19.2 Å². The van der Waals surface area contributed by atoms with Crippen molar-refractivity contribution in [1.82, 2.24) is 24.9 Å². The van der Waals surface area contributed by atoms with Gasteiger partial charge in [-0.25, -0.2) is 0 Å². The first-order valence-corrected chi connectivity index (χ1v) is 13.7. The van der Waals surface area contributed by atoms with Gasteiger partial charge in [0, 0.05) is 49.4 Å². The SMILES string of the molecule is Cn1nccc1-c1cccc(C(=O)N2CCCC[C@@H]2COc2ccc3c(c2)CN(C2CCC(=O)NC2=O)C3=O)c1. The molecule has 4 amide bonds. The molecule has 0 bridgehead atoms. The van der Waals surface area contributed by atoms with Gasteiger partial charge in [-0.05, 0) is 67.6 Å². The second-order valence-corrected chi connectivity index (χ2v) is 10.6. The highest BCUT2D eigenvalue weighted by Gasteiger charge is 2.39. The number of carbonyl (C=O) groups is 4. The minimum absolute atomic E-state index is 0.0169. The highest BCUT2D eigenvalue weighted by Crippen LogP contribution is 2.31. The number of aryl methyl sites for hydroxylation is 1. The van der Waals surface area contributed by atoms with Crippen molar-refractivity contribution in [2.75, 3.05) is 13.2 Å². The predicted octanol–water partition coefficient (Wildman–Crippen LogP) is 2.92. The normalized spacial score (nSPS) is 20.9. The lowest BCUT2D eigenvalue weighted by Crippen LogP contribution is -2.52. The van der Waals surface area contributed by atoms with Gasteiger partial charge >= 0.3 is 0 Å². The Morgan fingerprint density at radius 2 is 1.95 bits per heavy atom. The zero-order valence-corrected chi connectivity index (χ0v) is 22.3. The molecule has 10 nitrogen and oxygen atoms in total. The van der Waals surface area contributed by atoms with E-state index in [0.717, 1.165) is 36.1 Å². The zero-order valence-electron chi connectivity index (χ0n) is 22.3. The summed E-state index contributed by atoms with van der Waals surface area (Å²) in [6.07, 6.45) is 5.09. The van der Waals surface area contributed by atoms with Crippen LogP contribution in [0.15, 0.2) is 54.7 Å². The lowest BCUT2D eigenvalue weighted by Gasteiger charge is -2.35. The fourth-order valence-electron chi connectivity index (χ4n) is 5.91. The minimum atomic E-state index is -0.653. The summed E-state index contributed by atoms with van der Waals surface area (Å²) in [7, 11) is 1.88. The van der Waals surface area contributed by atoms with Crippen molar-refractivity contribution >= 4 is 23.6 Å². The van der Waals surface area contributed by atoms with Gasteiger partial charge in [-0.2, -0.15) is 5.10 Å². The first-order chi connectivity index (χ1) is 19.4. The fraction of sp³-hybridized carbons (Fsp3) is 0.367. The molecule has 206 valence electrons. The van der Waals surface area contributed by atoms with Gasteiger partial charge in [0.05, 0.1) is 11.7 Å². The Balaban J connectivity index is 1.13. The Morgan fingerprint density at radius 1 is 1.07 bits per heavy atom. The molecule has 2 atom stereocenters. The van der Waals surface area contributed by atoms with Crippen molar-refractivity contribution in [2.45, 2.75) is 50.7 Å². The third kappa shape index (κ3) is 4.85. The van der Waals surface area contributed by atoms with Crippen LogP contribution in [0.3, 0.4) is 0 Å². The molecule has 2 saturated heterocycles. The number of carbonyl (C=O) groups excluding carboxylic acids is 4. The first kappa shape index (κ1) is 25.8. The number of imide groups is 1. The second kappa shape index (κ2) is 10.6. The number of aromatic nitrogens is 2. The molecule has 3 aliphatic rings. The van der Waals surface area contributed by atoms with Gasteiger partial charge in [0.2, 0.25) is 11.8 Å². The van der Waals surface area contributed by atoms with E-state index >= 15 is 0 Å². The van der Waals surface area contributed by atoms with Gasteiger partial charge in [0.15, 0.2) is 0 Å². The van der Waals surface area contributed by atoms with E-state index in [1.54, 1.807) is 23.0 Å². The van der Waals surface area contributed by atoms with E-state index < -0.39 is 11.9 Å². The summed E-state index contributed by atoms with van der Waals surface area (Å²) in [6.45, 7) is 1.30. The molecule has 0 radical (unpaired) electrons. The maximum Gasteiger partial charge on any atom is 0.255 e. The van der Waals surface area contributed by atoms with Gasteiger partial charge in [0.1, 0.15) is 18.4 Å². The van der Waals surface area contributed by atoms with Crippen molar-refractivity contribution in [2.24, 2.45) is 7.05 Å². The van der Waals surface area contributed by atoms with E-state index in [2.05, 4.69) is 10.4 Å². The number of nitrogens with zero attached hydrogens (tertiary/aromatic N) is 4. The molecule has 1 unspecified atom stereocenters. The lowest BCUT2D eigenvalue weighted by molar-refractivity contribution is -0.136. The molecule has 3 aromatic rings. The van der Waals surface area contributed by atoms with E-state index in [-0.39, 0.29) is 30.2 Å². The maximum atomic E-state index is 13.6. The van der Waals surface area contributed by atoms with Crippen LogP contribution in [0.5, 0.6) is 5.75 Å². The summed E-state index contributed by atoms with van der Waals surface area (Å²) < 4.78 is 7.96. The number of rotatable bonds is 6. The summed E-state index contributed by atoms with van der Waals surface area (Å²) in [6, 6.07) is 14.2. The molecule has 0 saturated carbocycles. The highest BCUT2D eigenvalue weighted by molar-refractivity contribution is 6.05. The average molecular weight is 542 g/mol. The van der Waals surface area contributed by atoms with Crippen molar-refractivity contribution in [3.05, 3.63) is 71.4 Å². The third-order valence-corrected chi connectivity index (χ3v) is 8.05. The molecule has 0 spiro atoms. The lowest BCUT2D eigenvalue weighted by atomic mass is 10.0. The molecule has 10 heteroatoms. The Hall–Kier alpha value is -4.47. The summed E-state index contributed by atoms with van der Waals surface area (Å²) in [5.41, 5.74) is 3.85. The number of benzene rings is 2. The van der Waals surface area contributed by atoms with E-state index in [4.69, 9.17) is 4.74 Å². The smallest absolute Gasteiger partial charge is 0.255 e. The topological polar surface area (TPSA) is 114 Å². The molecule has 1 N–H and O–H groups in total. The summed E-state index contributed by atoms with van der Waals surface area (Å²) in [5.74, 6) is -0.350. The standard InChI is InChI=1S/C30H31N5O5/c1-33-25(12-13-31-33)19-5-4-6-20(15-19)29(38)34-14-3-2-7-22(34)18-40-23-8-9-24-21(16-23)17-35(30(24)39)26-10-11-27(36)32-28(26)37/h4-6,8-9,12-13,15-16,22,26H,2-3,7,10-11,14,17-18H2,1H3,(H,32,36,37)/t22-,26?/m1/s1. The van der Waals surface area contributed by atoms with Crippen molar-refractivity contribution in [1.29, 1.82) is 0 Å². The van der Waals surface area contributed by atoms with Crippen molar-refractivity contribution in [3.63, 3.8) is 0 Å². The number of hydrogen-bond acceptors (Lipinski definition) is 6. The van der Waals surface area contributed by atoms with Gasteiger partial charge in [-0.1, -0.05) is 12.1 Å². The quantitative estimate of drug-likeness (QED) is 0.480. The van der Waals surface area contributed by atoms with E-state index in [1.165, 1.54) is 4.90 Å². The van der Waals surface area contributed by atoms with Crippen LogP contribution in [-0.4, -0.2) is 68.4 Å². The largest absolute Gasteiger partial charge is 0.491 e. The van der Waals surface area contributed by atoms with Gasteiger partial charge in [-0.15, -0.1) is 0 Å². The molecule has 1 aromatic heterocycles. The van der Waals surface area contributed by atoms with Gasteiger partial charge in [-0.3, -0.25) is 29.2 Å². The van der Waals surface area contributed by atoms with Crippen LogP contribution in [0.25, 0.3) is 11.3 Å². The molecular weight excluding hydrogens is 510 g/mol. The number of piperidine rings is 2. The van der Waals surface area contributed by atoms with Crippen LogP contribution in [-0.2, 0) is 23.2 Å². The number of hydrogen-bond donors (Lipinski definition) is 1. The van der Waals surface area contributed by atoms with E-state index in [0.29, 0.717) is 43.0 Å². The summed E-state index contributed by atoms with van der Waals surface area (Å²) >= 11 is 0. The number of nitrogens with one attached hydrogen (secondary N) is 1. The van der Waals surface area contributed by atoms with Crippen LogP contribution in [0.1, 0.15) is 58.4 Å². The Kier molecular flexibility index (Phi) is 6.83.